The zero-order valence-corrected chi connectivity index (χ0v) is 10.6. The first-order chi connectivity index (χ1) is 8.70. The van der Waals surface area contributed by atoms with E-state index < -0.39 is 0 Å². The van der Waals surface area contributed by atoms with Gasteiger partial charge in [-0.25, -0.2) is 9.59 Å². The molecule has 0 unspecified atom stereocenters. The van der Waals surface area contributed by atoms with Gasteiger partial charge in [-0.1, -0.05) is 0 Å². The third-order valence-corrected chi connectivity index (χ3v) is 3.32. The van der Waals surface area contributed by atoms with Crippen LogP contribution in [0.3, 0.4) is 0 Å². The number of rotatable bonds is 1. The number of likely N-dealkylation sites (tertiary alicyclic amines) is 1. The minimum Gasteiger partial charge on any atom is -0.378 e. The molecule has 0 radical (unpaired) electrons. The summed E-state index contributed by atoms with van der Waals surface area (Å²) in [6, 6.07) is -0.0853. The lowest BCUT2D eigenvalue weighted by molar-refractivity contribution is 0.0526. The van der Waals surface area contributed by atoms with Gasteiger partial charge in [0.25, 0.3) is 0 Å². The summed E-state index contributed by atoms with van der Waals surface area (Å²) in [5, 5.41) is 5.56. The lowest BCUT2D eigenvalue weighted by atomic mass is 10.3. The standard InChI is InChI=1S/C11H20N4O3/c1-12-10(16)15-3-2-9(8-15)13-11(17)14-4-6-18-7-5-14/h9H,2-8H2,1H3,(H,12,16)(H,13,17)/t9-/m1/s1. The summed E-state index contributed by atoms with van der Waals surface area (Å²) < 4.78 is 5.20. The van der Waals surface area contributed by atoms with Crippen molar-refractivity contribution < 1.29 is 14.3 Å². The number of amides is 4. The molecule has 4 amide bonds. The molecule has 0 aromatic heterocycles. The molecule has 7 heteroatoms. The highest BCUT2D eigenvalue weighted by Gasteiger charge is 2.28. The van der Waals surface area contributed by atoms with Crippen LogP contribution in [0, 0.1) is 0 Å². The molecule has 2 saturated heterocycles. The molecule has 2 rings (SSSR count). The van der Waals surface area contributed by atoms with Crippen molar-refractivity contribution >= 4 is 12.1 Å². The van der Waals surface area contributed by atoms with Crippen molar-refractivity contribution in [1.82, 2.24) is 20.4 Å². The van der Waals surface area contributed by atoms with Crippen molar-refractivity contribution in [3.8, 4) is 0 Å². The summed E-state index contributed by atoms with van der Waals surface area (Å²) >= 11 is 0. The Hall–Kier alpha value is -1.50. The highest BCUT2D eigenvalue weighted by atomic mass is 16.5. The van der Waals surface area contributed by atoms with Crippen LogP contribution in [0.15, 0.2) is 0 Å². The number of carbonyl (C=O) groups excluding carboxylic acids is 2. The van der Waals surface area contributed by atoms with Crippen molar-refractivity contribution in [3.63, 3.8) is 0 Å². The van der Waals surface area contributed by atoms with E-state index in [1.807, 2.05) is 0 Å². The molecule has 2 N–H and O–H groups in total. The van der Waals surface area contributed by atoms with Crippen LogP contribution in [0.25, 0.3) is 0 Å². The first-order valence-electron chi connectivity index (χ1n) is 6.30. The van der Waals surface area contributed by atoms with Gasteiger partial charge in [0.15, 0.2) is 0 Å². The fourth-order valence-electron chi connectivity index (χ4n) is 2.25. The molecule has 18 heavy (non-hydrogen) atoms. The molecule has 0 spiro atoms. The second-order valence-corrected chi connectivity index (χ2v) is 4.54. The molecule has 2 aliphatic rings. The van der Waals surface area contributed by atoms with Gasteiger partial charge < -0.3 is 25.2 Å². The number of morpholine rings is 1. The fourth-order valence-corrected chi connectivity index (χ4v) is 2.25. The van der Waals surface area contributed by atoms with E-state index in [-0.39, 0.29) is 18.1 Å². The van der Waals surface area contributed by atoms with Gasteiger partial charge in [-0.05, 0) is 6.42 Å². The van der Waals surface area contributed by atoms with Gasteiger partial charge in [-0.3, -0.25) is 0 Å². The fraction of sp³-hybridized carbons (Fsp3) is 0.818. The van der Waals surface area contributed by atoms with Crippen LogP contribution < -0.4 is 10.6 Å². The van der Waals surface area contributed by atoms with Crippen molar-refractivity contribution in [3.05, 3.63) is 0 Å². The van der Waals surface area contributed by atoms with Crippen LogP contribution >= 0.6 is 0 Å². The number of hydrogen-bond donors (Lipinski definition) is 2. The first-order valence-corrected chi connectivity index (χ1v) is 6.30. The highest BCUT2D eigenvalue weighted by molar-refractivity contribution is 5.76. The number of ether oxygens (including phenoxy) is 1. The predicted octanol–water partition coefficient (Wildman–Crippen LogP) is -0.558. The lowest BCUT2D eigenvalue weighted by Gasteiger charge is -2.28. The van der Waals surface area contributed by atoms with Crippen molar-refractivity contribution in [2.75, 3.05) is 46.4 Å². The van der Waals surface area contributed by atoms with Gasteiger partial charge in [-0.2, -0.15) is 0 Å². The van der Waals surface area contributed by atoms with Gasteiger partial charge in [-0.15, -0.1) is 0 Å². The summed E-state index contributed by atoms with van der Waals surface area (Å²) in [4.78, 5) is 26.8. The van der Waals surface area contributed by atoms with Gasteiger partial charge in [0.2, 0.25) is 0 Å². The minimum atomic E-state index is -0.0851. The molecule has 2 heterocycles. The van der Waals surface area contributed by atoms with E-state index >= 15 is 0 Å². The minimum absolute atomic E-state index is 0.0534. The predicted molar refractivity (Wildman–Crippen MR) is 65.4 cm³/mol. The Kier molecular flexibility index (Phi) is 4.24. The molecule has 1 atom stereocenters. The Balaban J connectivity index is 1.76. The second kappa shape index (κ2) is 5.90. The van der Waals surface area contributed by atoms with E-state index in [0.717, 1.165) is 6.42 Å². The van der Waals surface area contributed by atoms with E-state index in [9.17, 15) is 9.59 Å². The molecular formula is C11H20N4O3. The molecule has 0 saturated carbocycles. The maximum atomic E-state index is 11.9. The Morgan fingerprint density at radius 2 is 1.83 bits per heavy atom. The molecular weight excluding hydrogens is 236 g/mol. The summed E-state index contributed by atoms with van der Waals surface area (Å²) in [6.07, 6.45) is 0.809. The number of hydrogen-bond acceptors (Lipinski definition) is 3. The molecule has 0 aliphatic carbocycles. The quantitative estimate of drug-likeness (QED) is 0.660. The average molecular weight is 256 g/mol. The highest BCUT2D eigenvalue weighted by Crippen LogP contribution is 2.09. The maximum absolute atomic E-state index is 11.9. The number of carbonyl (C=O) groups is 2. The Labute approximate surface area is 106 Å². The van der Waals surface area contributed by atoms with E-state index in [1.54, 1.807) is 16.8 Å². The van der Waals surface area contributed by atoms with Crippen LogP contribution in [0.2, 0.25) is 0 Å². The summed E-state index contributed by atoms with van der Waals surface area (Å²) in [6.45, 7) is 3.74. The van der Waals surface area contributed by atoms with Crippen LogP contribution in [0.1, 0.15) is 6.42 Å². The molecule has 102 valence electrons. The van der Waals surface area contributed by atoms with Crippen LogP contribution in [-0.2, 0) is 4.74 Å². The van der Waals surface area contributed by atoms with Gasteiger partial charge in [0.1, 0.15) is 0 Å². The van der Waals surface area contributed by atoms with Crippen molar-refractivity contribution in [2.45, 2.75) is 12.5 Å². The lowest BCUT2D eigenvalue weighted by Crippen LogP contribution is -2.50. The number of urea groups is 2. The summed E-state index contributed by atoms with van der Waals surface area (Å²) in [7, 11) is 1.61. The Morgan fingerprint density at radius 3 is 2.50 bits per heavy atom. The van der Waals surface area contributed by atoms with Gasteiger partial charge in [0, 0.05) is 39.3 Å². The van der Waals surface area contributed by atoms with Crippen molar-refractivity contribution in [1.29, 1.82) is 0 Å². The number of nitrogens with zero attached hydrogens (tertiary/aromatic N) is 2. The van der Waals surface area contributed by atoms with E-state index in [1.165, 1.54) is 0 Å². The number of nitrogens with one attached hydrogen (secondary N) is 2. The molecule has 0 aromatic carbocycles. The molecule has 2 aliphatic heterocycles. The first kappa shape index (κ1) is 12.9. The third-order valence-electron chi connectivity index (χ3n) is 3.32. The largest absolute Gasteiger partial charge is 0.378 e. The zero-order valence-electron chi connectivity index (χ0n) is 10.6. The average Bonchev–Trinajstić information content (AvgIpc) is 2.87. The smallest absolute Gasteiger partial charge is 0.317 e. The molecule has 2 fully saturated rings. The summed E-state index contributed by atoms with van der Waals surface area (Å²) in [5.74, 6) is 0. The molecule has 0 aromatic rings. The van der Waals surface area contributed by atoms with Crippen LogP contribution in [-0.4, -0.2) is 74.3 Å². The van der Waals surface area contributed by atoms with Gasteiger partial charge in [0.05, 0.1) is 13.2 Å². The van der Waals surface area contributed by atoms with E-state index in [2.05, 4.69) is 10.6 Å². The molecule has 0 bridgehead atoms. The second-order valence-electron chi connectivity index (χ2n) is 4.54. The maximum Gasteiger partial charge on any atom is 0.317 e. The van der Waals surface area contributed by atoms with Gasteiger partial charge >= 0.3 is 12.1 Å². The summed E-state index contributed by atoms with van der Waals surface area (Å²) in [5.41, 5.74) is 0. The third kappa shape index (κ3) is 3.04. The Bertz CT molecular complexity index is 317. The van der Waals surface area contributed by atoms with Crippen LogP contribution in [0.5, 0.6) is 0 Å². The normalized spacial score (nSPS) is 23.9. The van der Waals surface area contributed by atoms with Crippen LogP contribution in [0.4, 0.5) is 9.59 Å². The van der Waals surface area contributed by atoms with E-state index in [0.29, 0.717) is 39.4 Å². The van der Waals surface area contributed by atoms with E-state index in [4.69, 9.17) is 4.74 Å². The SMILES string of the molecule is CNC(=O)N1CC[C@@H](NC(=O)N2CCOCC2)C1. The molecule has 7 nitrogen and oxygen atoms in total. The van der Waals surface area contributed by atoms with Crippen molar-refractivity contribution in [2.24, 2.45) is 0 Å². The monoisotopic (exact) mass is 256 g/mol. The zero-order chi connectivity index (χ0) is 13.0. The topological polar surface area (TPSA) is 73.9 Å². The Morgan fingerprint density at radius 1 is 1.11 bits per heavy atom.